The van der Waals surface area contributed by atoms with Crippen LogP contribution >= 0.6 is 11.8 Å². The van der Waals surface area contributed by atoms with Crippen LogP contribution in [0, 0.1) is 5.92 Å². The largest absolute Gasteiger partial charge is 0.492 e. The molecule has 1 saturated heterocycles. The number of carbonyl (C=O) groups is 2. The molecule has 4 rings (SSSR count). The van der Waals surface area contributed by atoms with Crippen LogP contribution in [0.5, 0.6) is 5.75 Å². The van der Waals surface area contributed by atoms with E-state index in [-0.39, 0.29) is 23.1 Å². The molecule has 29 heavy (non-hydrogen) atoms. The molecule has 152 valence electrons. The summed E-state index contributed by atoms with van der Waals surface area (Å²) in [4.78, 5) is 26.8. The van der Waals surface area contributed by atoms with Crippen molar-refractivity contribution in [1.82, 2.24) is 0 Å². The topological polar surface area (TPSA) is 58.6 Å². The van der Waals surface area contributed by atoms with Crippen LogP contribution in [0.4, 0.5) is 11.4 Å². The second-order valence-corrected chi connectivity index (χ2v) is 8.49. The summed E-state index contributed by atoms with van der Waals surface area (Å²) in [5, 5.41) is 2.93. The van der Waals surface area contributed by atoms with Gasteiger partial charge in [0.25, 0.3) is 0 Å². The van der Waals surface area contributed by atoms with Crippen LogP contribution in [0.25, 0.3) is 0 Å². The zero-order valence-corrected chi connectivity index (χ0v) is 17.4. The molecule has 1 saturated carbocycles. The van der Waals surface area contributed by atoms with Crippen LogP contribution in [0.1, 0.15) is 43.5 Å². The number of benzene rings is 2. The number of carbonyl (C=O) groups excluding carboxylic acids is 2. The highest BCUT2D eigenvalue weighted by atomic mass is 32.2. The van der Waals surface area contributed by atoms with Crippen molar-refractivity contribution in [2.24, 2.45) is 5.92 Å². The predicted molar refractivity (Wildman–Crippen MR) is 117 cm³/mol. The Hall–Kier alpha value is -2.47. The summed E-state index contributed by atoms with van der Waals surface area (Å²) in [6, 6.07) is 15.5. The lowest BCUT2D eigenvalue weighted by Crippen LogP contribution is -2.28. The van der Waals surface area contributed by atoms with Crippen LogP contribution in [0.3, 0.4) is 0 Å². The third-order valence-corrected chi connectivity index (χ3v) is 6.69. The molecule has 2 amide bonds. The molecule has 6 heteroatoms. The number of hydrogen-bond donors (Lipinski definition) is 1. The molecule has 1 aliphatic heterocycles. The molecule has 0 unspecified atom stereocenters. The minimum Gasteiger partial charge on any atom is -0.492 e. The van der Waals surface area contributed by atoms with Gasteiger partial charge in [0, 0.05) is 11.6 Å². The minimum atomic E-state index is -0.108. The van der Waals surface area contributed by atoms with E-state index in [1.807, 2.05) is 60.4 Å². The van der Waals surface area contributed by atoms with E-state index in [4.69, 9.17) is 4.74 Å². The Kier molecular flexibility index (Phi) is 6.09. The summed E-state index contributed by atoms with van der Waals surface area (Å²) >= 11 is 1.61. The summed E-state index contributed by atoms with van der Waals surface area (Å²) in [5.41, 5.74) is 2.64. The summed E-state index contributed by atoms with van der Waals surface area (Å²) in [7, 11) is 0. The number of amides is 2. The molecule has 2 fully saturated rings. The Balaban J connectivity index is 1.52. The molecule has 0 radical (unpaired) electrons. The molecule has 0 bridgehead atoms. The normalized spacial score (nSPS) is 19.6. The zero-order valence-electron chi connectivity index (χ0n) is 16.6. The van der Waals surface area contributed by atoms with Gasteiger partial charge in [0.1, 0.15) is 11.1 Å². The van der Waals surface area contributed by atoms with Crippen LogP contribution in [0.2, 0.25) is 0 Å². The van der Waals surface area contributed by atoms with Crippen LogP contribution in [0.15, 0.2) is 48.5 Å². The maximum absolute atomic E-state index is 12.7. The van der Waals surface area contributed by atoms with Crippen LogP contribution in [-0.2, 0) is 9.59 Å². The third kappa shape index (κ3) is 4.27. The molecule has 2 aromatic rings. The number of hydrogen-bond acceptors (Lipinski definition) is 4. The van der Waals surface area contributed by atoms with Gasteiger partial charge in [-0.05, 0) is 49.6 Å². The monoisotopic (exact) mass is 410 g/mol. The maximum Gasteiger partial charge on any atom is 0.238 e. The Morgan fingerprint density at radius 3 is 2.59 bits per heavy atom. The number of nitrogens with one attached hydrogen (secondary N) is 1. The SMILES string of the molecule is CCOc1ccccc1N1C(=O)CS[C@@H]1c1ccc(NC(=O)C2CCCC2)cc1. The van der Waals surface area contributed by atoms with Gasteiger partial charge in [-0.25, -0.2) is 0 Å². The number of ether oxygens (including phenoxy) is 1. The average molecular weight is 411 g/mol. The molecular weight excluding hydrogens is 384 g/mol. The Labute approximate surface area is 175 Å². The molecule has 1 heterocycles. The summed E-state index contributed by atoms with van der Waals surface area (Å²) < 4.78 is 5.74. The van der Waals surface area contributed by atoms with Crippen molar-refractivity contribution in [2.75, 3.05) is 22.6 Å². The van der Waals surface area contributed by atoms with Gasteiger partial charge in [-0.15, -0.1) is 11.8 Å². The zero-order chi connectivity index (χ0) is 20.2. The molecule has 1 aliphatic carbocycles. The number of anilines is 2. The number of rotatable bonds is 6. The fourth-order valence-corrected chi connectivity index (χ4v) is 5.20. The first-order valence-corrected chi connectivity index (χ1v) is 11.3. The second kappa shape index (κ2) is 8.91. The second-order valence-electron chi connectivity index (χ2n) is 7.42. The lowest BCUT2D eigenvalue weighted by Gasteiger charge is -2.26. The van der Waals surface area contributed by atoms with Gasteiger partial charge < -0.3 is 10.1 Å². The van der Waals surface area contributed by atoms with Gasteiger partial charge >= 0.3 is 0 Å². The predicted octanol–water partition coefficient (Wildman–Crippen LogP) is 4.99. The van der Waals surface area contributed by atoms with E-state index in [1.165, 1.54) is 0 Å². The molecule has 2 aliphatic rings. The fourth-order valence-electron chi connectivity index (χ4n) is 4.03. The molecule has 0 spiro atoms. The molecule has 0 aromatic heterocycles. The quantitative estimate of drug-likeness (QED) is 0.729. The van der Waals surface area contributed by atoms with E-state index >= 15 is 0 Å². The van der Waals surface area contributed by atoms with Crippen molar-refractivity contribution >= 4 is 35.0 Å². The van der Waals surface area contributed by atoms with Gasteiger partial charge in [-0.3, -0.25) is 14.5 Å². The van der Waals surface area contributed by atoms with Gasteiger partial charge in [0.15, 0.2) is 0 Å². The Bertz CT molecular complexity index is 878. The smallest absolute Gasteiger partial charge is 0.238 e. The number of thioether (sulfide) groups is 1. The Morgan fingerprint density at radius 2 is 1.86 bits per heavy atom. The van der Waals surface area contributed by atoms with Crippen molar-refractivity contribution in [3.63, 3.8) is 0 Å². The molecule has 1 atom stereocenters. The van der Waals surface area contributed by atoms with Gasteiger partial charge in [-0.2, -0.15) is 0 Å². The van der Waals surface area contributed by atoms with Crippen molar-refractivity contribution in [1.29, 1.82) is 0 Å². The summed E-state index contributed by atoms with van der Waals surface area (Å²) in [6.07, 6.45) is 4.25. The number of nitrogens with zero attached hydrogens (tertiary/aromatic N) is 1. The number of para-hydroxylation sites is 2. The van der Waals surface area contributed by atoms with Gasteiger partial charge in [0.2, 0.25) is 11.8 Å². The van der Waals surface area contributed by atoms with E-state index in [0.29, 0.717) is 12.4 Å². The maximum atomic E-state index is 12.7. The molecule has 2 aromatic carbocycles. The van der Waals surface area contributed by atoms with Crippen molar-refractivity contribution in [3.05, 3.63) is 54.1 Å². The van der Waals surface area contributed by atoms with Gasteiger partial charge in [0.05, 0.1) is 18.0 Å². The highest BCUT2D eigenvalue weighted by molar-refractivity contribution is 8.00. The molecular formula is C23H26N2O3S. The van der Waals surface area contributed by atoms with Crippen LogP contribution in [-0.4, -0.2) is 24.2 Å². The van der Waals surface area contributed by atoms with E-state index in [9.17, 15) is 9.59 Å². The summed E-state index contributed by atoms with van der Waals surface area (Å²) in [5.74, 6) is 1.49. The first-order valence-electron chi connectivity index (χ1n) is 10.2. The fraction of sp³-hybridized carbons (Fsp3) is 0.391. The molecule has 5 nitrogen and oxygen atoms in total. The summed E-state index contributed by atoms with van der Waals surface area (Å²) in [6.45, 7) is 2.49. The van der Waals surface area contributed by atoms with E-state index in [1.54, 1.807) is 11.8 Å². The third-order valence-electron chi connectivity index (χ3n) is 5.48. The average Bonchev–Trinajstić information content (AvgIpc) is 3.40. The molecule has 1 N–H and O–H groups in total. The Morgan fingerprint density at radius 1 is 1.14 bits per heavy atom. The van der Waals surface area contributed by atoms with Crippen molar-refractivity contribution in [2.45, 2.75) is 38.0 Å². The lowest BCUT2D eigenvalue weighted by atomic mass is 10.1. The van der Waals surface area contributed by atoms with Crippen molar-refractivity contribution < 1.29 is 14.3 Å². The standard InChI is InChI=1S/C23H26N2O3S/c1-2-28-20-10-6-5-9-19(20)25-21(26)15-29-23(25)17-11-13-18(14-12-17)24-22(27)16-7-3-4-8-16/h5-6,9-14,16,23H,2-4,7-8,15H2,1H3,(H,24,27)/t23-/m1/s1. The van der Waals surface area contributed by atoms with E-state index < -0.39 is 0 Å². The van der Waals surface area contributed by atoms with Gasteiger partial charge in [-0.1, -0.05) is 37.1 Å². The van der Waals surface area contributed by atoms with E-state index in [0.717, 1.165) is 48.4 Å². The minimum absolute atomic E-state index is 0.0748. The van der Waals surface area contributed by atoms with Crippen molar-refractivity contribution in [3.8, 4) is 5.75 Å². The van der Waals surface area contributed by atoms with Crippen LogP contribution < -0.4 is 15.0 Å². The first kappa shape index (κ1) is 19.8. The first-order chi connectivity index (χ1) is 14.2. The highest BCUT2D eigenvalue weighted by Crippen LogP contribution is 2.45. The lowest BCUT2D eigenvalue weighted by molar-refractivity contribution is -0.119. The highest BCUT2D eigenvalue weighted by Gasteiger charge is 2.35. The van der Waals surface area contributed by atoms with E-state index in [2.05, 4.69) is 5.32 Å².